The quantitative estimate of drug-likeness (QED) is 0.174. The van der Waals surface area contributed by atoms with E-state index < -0.39 is 0 Å². The summed E-state index contributed by atoms with van der Waals surface area (Å²) < 4.78 is 5.17. The normalized spacial score (nSPS) is 14.0. The number of para-hydroxylation sites is 1. The van der Waals surface area contributed by atoms with Crippen molar-refractivity contribution in [1.82, 2.24) is 4.57 Å². The van der Waals surface area contributed by atoms with E-state index in [1.54, 1.807) is 0 Å². The van der Waals surface area contributed by atoms with Gasteiger partial charge < -0.3 is 4.57 Å². The fourth-order valence-electron chi connectivity index (χ4n) is 7.85. The largest absolute Gasteiger partial charge is 0.310 e. The standard InChI is InChI=1S/C48H33NS/c1-3-11-32(12-4-1)37-27-38(33-13-5-2-6-14-33)29-39(28-37)34-19-23-40(24-20-34)49-45-17-9-7-15-41(45)43-30-35(21-25-46(43)49)36-22-26-48-44(31-36)42-16-8-10-18-47(42)50-48/h1-20,22-31,35H,21H2. The van der Waals surface area contributed by atoms with Crippen molar-refractivity contribution in [2.45, 2.75) is 12.3 Å². The van der Waals surface area contributed by atoms with Gasteiger partial charge in [0.05, 0.1) is 5.52 Å². The van der Waals surface area contributed by atoms with E-state index in [4.69, 9.17) is 0 Å². The molecule has 1 nitrogen and oxygen atoms in total. The van der Waals surface area contributed by atoms with Crippen LogP contribution in [0.1, 0.15) is 17.9 Å². The molecule has 0 fully saturated rings. The summed E-state index contributed by atoms with van der Waals surface area (Å²) in [6.45, 7) is 0. The van der Waals surface area contributed by atoms with Crippen molar-refractivity contribution < 1.29 is 0 Å². The third-order valence-corrected chi connectivity index (χ3v) is 11.5. The van der Waals surface area contributed by atoms with Gasteiger partial charge in [-0.2, -0.15) is 0 Å². The second-order valence-corrected chi connectivity index (χ2v) is 14.4. The van der Waals surface area contributed by atoms with E-state index >= 15 is 0 Å². The Labute approximate surface area is 295 Å². The van der Waals surface area contributed by atoms with Crippen molar-refractivity contribution in [1.29, 1.82) is 0 Å². The highest BCUT2D eigenvalue weighted by Crippen LogP contribution is 2.37. The molecule has 0 amide bonds. The smallest absolute Gasteiger partial charge is 0.0540 e. The Morgan fingerprint density at radius 3 is 1.74 bits per heavy atom. The van der Waals surface area contributed by atoms with E-state index in [1.165, 1.54) is 86.3 Å². The van der Waals surface area contributed by atoms with Crippen molar-refractivity contribution in [2.24, 2.45) is 0 Å². The molecule has 10 rings (SSSR count). The highest BCUT2D eigenvalue weighted by Gasteiger charge is 2.18. The molecule has 2 heterocycles. The van der Waals surface area contributed by atoms with Gasteiger partial charge in [-0.3, -0.25) is 0 Å². The number of nitrogens with zero attached hydrogens (tertiary/aromatic N) is 1. The molecule has 0 bridgehead atoms. The van der Waals surface area contributed by atoms with Crippen LogP contribution in [0.3, 0.4) is 0 Å². The minimum Gasteiger partial charge on any atom is -0.310 e. The van der Waals surface area contributed by atoms with Crippen molar-refractivity contribution in [3.63, 3.8) is 0 Å². The van der Waals surface area contributed by atoms with Crippen LogP contribution in [-0.2, 0) is 0 Å². The molecule has 1 atom stereocenters. The van der Waals surface area contributed by atoms with Crippen molar-refractivity contribution in [3.8, 4) is 39.1 Å². The second kappa shape index (κ2) is 11.9. The van der Waals surface area contributed by atoms with Gasteiger partial charge in [-0.15, -0.1) is 11.3 Å². The van der Waals surface area contributed by atoms with Crippen LogP contribution < -0.4 is 10.6 Å². The zero-order valence-corrected chi connectivity index (χ0v) is 28.3. The van der Waals surface area contributed by atoms with Gasteiger partial charge in [0, 0.05) is 47.7 Å². The summed E-state index contributed by atoms with van der Waals surface area (Å²) in [7, 11) is 0. The zero-order chi connectivity index (χ0) is 33.0. The minimum absolute atomic E-state index is 0.336. The molecule has 0 spiro atoms. The van der Waals surface area contributed by atoms with Crippen LogP contribution in [0.5, 0.6) is 0 Å². The van der Waals surface area contributed by atoms with Crippen LogP contribution in [0.25, 0.3) is 82.3 Å². The Morgan fingerprint density at radius 1 is 0.460 bits per heavy atom. The first kappa shape index (κ1) is 29.0. The summed E-state index contributed by atoms with van der Waals surface area (Å²) in [6.07, 6.45) is 5.95. The van der Waals surface area contributed by atoms with E-state index in [2.05, 4.69) is 187 Å². The lowest BCUT2D eigenvalue weighted by atomic mass is 9.90. The predicted molar refractivity (Wildman–Crippen MR) is 214 cm³/mol. The van der Waals surface area contributed by atoms with Crippen molar-refractivity contribution in [2.75, 3.05) is 0 Å². The van der Waals surface area contributed by atoms with Crippen LogP contribution in [-0.4, -0.2) is 4.57 Å². The molecule has 236 valence electrons. The number of thiophene rings is 1. The van der Waals surface area contributed by atoms with Gasteiger partial charge in [0.15, 0.2) is 0 Å². The molecule has 7 aromatic carbocycles. The lowest BCUT2D eigenvalue weighted by molar-refractivity contribution is 0.909. The average Bonchev–Trinajstić information content (AvgIpc) is 3.73. The Hall–Kier alpha value is -5.96. The average molecular weight is 656 g/mol. The first-order valence-electron chi connectivity index (χ1n) is 17.4. The number of benzene rings is 7. The molecule has 0 saturated heterocycles. The van der Waals surface area contributed by atoms with E-state index in [-0.39, 0.29) is 0 Å². The summed E-state index contributed by atoms with van der Waals surface area (Å²) in [5.74, 6) is 0.336. The number of rotatable bonds is 5. The number of aromatic nitrogens is 1. The Balaban J connectivity index is 1.06. The van der Waals surface area contributed by atoms with Crippen LogP contribution in [0, 0.1) is 0 Å². The topological polar surface area (TPSA) is 4.93 Å². The fourth-order valence-corrected chi connectivity index (χ4v) is 8.93. The Kier molecular flexibility index (Phi) is 6.89. The summed E-state index contributed by atoms with van der Waals surface area (Å²) in [4.78, 5) is 0. The van der Waals surface area contributed by atoms with Crippen molar-refractivity contribution >= 4 is 54.6 Å². The molecule has 2 heteroatoms. The van der Waals surface area contributed by atoms with Gasteiger partial charge in [0.1, 0.15) is 0 Å². The van der Waals surface area contributed by atoms with Gasteiger partial charge in [-0.1, -0.05) is 127 Å². The molecule has 0 saturated carbocycles. The van der Waals surface area contributed by atoms with Gasteiger partial charge >= 0.3 is 0 Å². The van der Waals surface area contributed by atoms with Gasteiger partial charge in [0.25, 0.3) is 0 Å². The van der Waals surface area contributed by atoms with E-state index in [1.807, 2.05) is 11.3 Å². The maximum Gasteiger partial charge on any atom is 0.0540 e. The van der Waals surface area contributed by atoms with E-state index in [9.17, 15) is 0 Å². The van der Waals surface area contributed by atoms with Crippen LogP contribution in [0.4, 0.5) is 0 Å². The molecule has 1 unspecified atom stereocenters. The molecule has 0 N–H and O–H groups in total. The van der Waals surface area contributed by atoms with Crippen molar-refractivity contribution in [3.05, 3.63) is 186 Å². The lowest BCUT2D eigenvalue weighted by Gasteiger charge is -2.15. The highest BCUT2D eigenvalue weighted by molar-refractivity contribution is 7.25. The van der Waals surface area contributed by atoms with Crippen LogP contribution in [0.15, 0.2) is 170 Å². The maximum absolute atomic E-state index is 2.51. The maximum atomic E-state index is 2.51. The monoisotopic (exact) mass is 655 g/mol. The molecular weight excluding hydrogens is 623 g/mol. The predicted octanol–water partition coefficient (Wildman–Crippen LogP) is 11.7. The first-order valence-corrected chi connectivity index (χ1v) is 18.2. The fraction of sp³-hybridized carbons (Fsp3) is 0.0417. The second-order valence-electron chi connectivity index (χ2n) is 13.3. The summed E-state index contributed by atoms with van der Waals surface area (Å²) >= 11 is 1.89. The molecule has 50 heavy (non-hydrogen) atoms. The molecular formula is C48H33NS. The highest BCUT2D eigenvalue weighted by atomic mass is 32.1. The Bertz CT molecular complexity index is 2760. The third kappa shape index (κ3) is 4.91. The lowest BCUT2D eigenvalue weighted by Crippen LogP contribution is -2.31. The Morgan fingerprint density at radius 2 is 1.04 bits per heavy atom. The summed E-state index contributed by atoms with van der Waals surface area (Å²) in [5.41, 5.74) is 11.1. The van der Waals surface area contributed by atoms with Gasteiger partial charge in [-0.05, 0) is 100.0 Å². The summed E-state index contributed by atoms with van der Waals surface area (Å²) in [6, 6.07) is 62.2. The molecule has 2 aromatic heterocycles. The number of hydrogen-bond donors (Lipinski definition) is 0. The molecule has 1 aliphatic carbocycles. The number of fused-ring (bicyclic) bond motifs is 6. The molecule has 0 aliphatic heterocycles. The first-order chi connectivity index (χ1) is 24.8. The van der Waals surface area contributed by atoms with Gasteiger partial charge in [-0.25, -0.2) is 0 Å². The third-order valence-electron chi connectivity index (χ3n) is 10.3. The van der Waals surface area contributed by atoms with Crippen LogP contribution >= 0.6 is 11.3 Å². The zero-order valence-electron chi connectivity index (χ0n) is 27.5. The van der Waals surface area contributed by atoms with Gasteiger partial charge in [0.2, 0.25) is 0 Å². The summed E-state index contributed by atoms with van der Waals surface area (Å²) in [5, 5.41) is 6.65. The van der Waals surface area contributed by atoms with E-state index in [0.717, 1.165) is 6.42 Å². The van der Waals surface area contributed by atoms with Crippen LogP contribution in [0.2, 0.25) is 0 Å². The number of hydrogen-bond acceptors (Lipinski definition) is 1. The van der Waals surface area contributed by atoms with E-state index in [0.29, 0.717) is 5.92 Å². The molecule has 1 aliphatic rings. The molecule has 0 radical (unpaired) electrons. The minimum atomic E-state index is 0.336. The SMILES string of the molecule is C1=c2c(n(-c3ccc(-c4cc(-c5ccccc5)cc(-c5ccccc5)c4)cc3)c3ccccc23)=CCC1c1ccc2sc3ccccc3c2c1. The molecule has 9 aromatic rings.